The third-order valence-corrected chi connectivity index (χ3v) is 0. The lowest BCUT2D eigenvalue weighted by Gasteiger charge is -1.56. The van der Waals surface area contributed by atoms with Crippen molar-refractivity contribution in [1.82, 2.24) is 0 Å². The molecule has 0 unspecified atom stereocenters. The predicted molar refractivity (Wildman–Crippen MR) is 93.8 cm³/mol. The second-order valence-electron chi connectivity index (χ2n) is 1.46. The number of nitrogens with two attached hydrogens (primary N) is 8. The summed E-state index contributed by atoms with van der Waals surface area (Å²) in [5.74, 6) is 0. The summed E-state index contributed by atoms with van der Waals surface area (Å²) in [5.41, 5.74) is 35.2. The largest absolute Gasteiger partial charge is 0.412 e. The molecule has 0 amide bonds. The van der Waals surface area contributed by atoms with Crippen molar-refractivity contribution in [2.24, 2.45) is 45.9 Å². The Morgan fingerprint density at radius 2 is 0.280 bits per heavy atom. The second kappa shape index (κ2) is 217. The first-order valence-corrected chi connectivity index (χ1v) is 5.80. The summed E-state index contributed by atoms with van der Waals surface area (Å²) in [4.78, 5) is 0. The molecule has 0 spiro atoms. The van der Waals surface area contributed by atoms with Gasteiger partial charge >= 0.3 is 0 Å². The van der Waals surface area contributed by atoms with Crippen molar-refractivity contribution >= 4 is 0 Å². The van der Waals surface area contributed by atoms with E-state index in [2.05, 4.69) is 45.9 Å². The van der Waals surface area contributed by atoms with Crippen molar-refractivity contribution in [2.45, 2.75) is 0 Å². The topological polar surface area (TPSA) is 402 Å². The minimum atomic E-state index is -0.250. The minimum absolute atomic E-state index is 0. The Hall–Kier alpha value is -0.680. The maximum Gasteiger partial charge on any atom is 0.0906 e. The Labute approximate surface area is 147 Å². The highest BCUT2D eigenvalue weighted by Crippen LogP contribution is 1.06. The van der Waals surface area contributed by atoms with E-state index in [0.29, 0.717) is 0 Å². The van der Waals surface area contributed by atoms with E-state index >= 15 is 0 Å². The third kappa shape index (κ3) is 22900. The van der Waals surface area contributed by atoms with Gasteiger partial charge in [-0.25, -0.2) is 0 Å². The number of hydrogen-bond acceptors (Lipinski definition) is 16. The molecule has 0 heterocycles. The van der Waals surface area contributed by atoms with Gasteiger partial charge in [-0.2, -0.15) is 0 Å². The van der Waals surface area contributed by atoms with E-state index in [1.54, 1.807) is 0 Å². The molecule has 0 aliphatic rings. The molecule has 0 saturated carbocycles. The highest BCUT2D eigenvalue weighted by atomic mass is 16.3. The molecule has 0 aromatic rings. The van der Waals surface area contributed by atoms with Gasteiger partial charge in [0.25, 0.3) is 0 Å². The maximum absolute atomic E-state index is 7.35. The van der Waals surface area contributed by atoms with Crippen molar-refractivity contribution in [1.29, 1.82) is 0 Å². The SMILES string of the molecule is NCO.NCO.NCO.NCO.NCO.NCO.NCO.NCO.O. The summed E-state index contributed by atoms with van der Waals surface area (Å²) in [5, 5.41) is 58.8. The van der Waals surface area contributed by atoms with Gasteiger partial charge in [0.1, 0.15) is 0 Å². The Bertz CT molecular complexity index is 63.6. The Balaban J connectivity index is -0.0000000166. The summed E-state index contributed by atoms with van der Waals surface area (Å²) in [6, 6.07) is 0. The van der Waals surface area contributed by atoms with Crippen LogP contribution in [0.3, 0.4) is 0 Å². The first-order valence-electron chi connectivity index (χ1n) is 5.80. The van der Waals surface area contributed by atoms with Crippen molar-refractivity contribution in [3.63, 3.8) is 0 Å². The van der Waals surface area contributed by atoms with Crippen LogP contribution in [0.4, 0.5) is 0 Å². The summed E-state index contributed by atoms with van der Waals surface area (Å²) in [6.45, 7) is -2.00. The van der Waals surface area contributed by atoms with Gasteiger partial charge in [-0.15, -0.1) is 0 Å². The molecule has 25 heavy (non-hydrogen) atoms. The number of aliphatic hydroxyl groups is 8. The van der Waals surface area contributed by atoms with Gasteiger partial charge in [0.15, 0.2) is 0 Å². The number of rotatable bonds is 0. The molecule has 0 aliphatic carbocycles. The zero-order valence-electron chi connectivity index (χ0n) is 14.4. The molecule has 0 saturated heterocycles. The van der Waals surface area contributed by atoms with Crippen LogP contribution in [0, 0.1) is 0 Å². The second-order valence-corrected chi connectivity index (χ2v) is 1.46. The fraction of sp³-hybridized carbons (Fsp3) is 1.00. The maximum atomic E-state index is 7.35. The lowest BCUT2D eigenvalue weighted by molar-refractivity contribution is 0.307. The van der Waals surface area contributed by atoms with Crippen LogP contribution in [-0.2, 0) is 0 Å². The van der Waals surface area contributed by atoms with Crippen LogP contribution < -0.4 is 45.9 Å². The van der Waals surface area contributed by atoms with Crippen LogP contribution in [0.1, 0.15) is 0 Å². The standard InChI is InChI=1S/8CH5NO.H2O/c8*2-1-3;/h8*3H,1-2H2;1H2. The summed E-state index contributed by atoms with van der Waals surface area (Å²) in [7, 11) is 0. The molecule has 26 N–H and O–H groups in total. The normalized spacial score (nSPS) is 5.76. The molecule has 0 fully saturated rings. The van der Waals surface area contributed by atoms with E-state index in [-0.39, 0.29) is 59.3 Å². The summed E-state index contributed by atoms with van der Waals surface area (Å²) >= 11 is 0. The third-order valence-electron chi connectivity index (χ3n) is 0. The van der Waals surface area contributed by atoms with Crippen LogP contribution in [0.5, 0.6) is 0 Å². The first-order chi connectivity index (χ1) is 11.3. The summed E-state index contributed by atoms with van der Waals surface area (Å²) < 4.78 is 0. The molecule has 0 rings (SSSR count). The van der Waals surface area contributed by atoms with E-state index in [1.165, 1.54) is 0 Å². The molecular weight excluding hydrogens is 352 g/mol. The minimum Gasteiger partial charge on any atom is -0.412 e. The molecule has 17 heteroatoms. The molecular formula is C8H42N8O9. The molecule has 0 bridgehead atoms. The van der Waals surface area contributed by atoms with Crippen LogP contribution >= 0.6 is 0 Å². The van der Waals surface area contributed by atoms with Crippen LogP contribution in [0.2, 0.25) is 0 Å². The lowest BCUT2D eigenvalue weighted by Crippen LogP contribution is -1.92. The first kappa shape index (κ1) is 56.4. The molecule has 0 aromatic heterocycles. The molecule has 0 aromatic carbocycles. The predicted octanol–water partition coefficient (Wildman–Crippen LogP) is -9.67. The zero-order chi connectivity index (χ0) is 21.7. The molecule has 0 radical (unpaired) electrons. The van der Waals surface area contributed by atoms with Crippen molar-refractivity contribution in [3.8, 4) is 0 Å². The van der Waals surface area contributed by atoms with Gasteiger partial charge in [0.05, 0.1) is 53.8 Å². The van der Waals surface area contributed by atoms with E-state index < -0.39 is 0 Å². The highest BCUT2D eigenvalue weighted by Gasteiger charge is 1.32. The van der Waals surface area contributed by atoms with Gasteiger partial charge in [-0.3, -0.25) is 0 Å². The van der Waals surface area contributed by atoms with Gasteiger partial charge in [0.2, 0.25) is 0 Å². The monoisotopic (exact) mass is 394 g/mol. The van der Waals surface area contributed by atoms with Crippen LogP contribution in [0.15, 0.2) is 0 Å². The summed E-state index contributed by atoms with van der Waals surface area (Å²) in [6.07, 6.45) is 0. The van der Waals surface area contributed by atoms with E-state index in [1.807, 2.05) is 0 Å². The number of hydrogen-bond donors (Lipinski definition) is 16. The highest BCUT2D eigenvalue weighted by molar-refractivity contribution is 3.78. The molecule has 17 nitrogen and oxygen atoms in total. The smallest absolute Gasteiger partial charge is 0.0906 e. The van der Waals surface area contributed by atoms with Crippen LogP contribution in [0.25, 0.3) is 0 Å². The van der Waals surface area contributed by atoms with Crippen molar-refractivity contribution < 1.29 is 46.3 Å². The quantitative estimate of drug-likeness (QED) is 0.169. The molecule has 168 valence electrons. The van der Waals surface area contributed by atoms with Crippen molar-refractivity contribution in [3.05, 3.63) is 0 Å². The van der Waals surface area contributed by atoms with Crippen LogP contribution in [-0.4, -0.2) is 100 Å². The van der Waals surface area contributed by atoms with Gasteiger partial charge in [-0.05, 0) is 0 Å². The van der Waals surface area contributed by atoms with Gasteiger partial charge in [-0.1, -0.05) is 0 Å². The molecule has 0 atom stereocenters. The van der Waals surface area contributed by atoms with E-state index in [0.717, 1.165) is 0 Å². The Kier molecular flexibility index (Phi) is 489. The lowest BCUT2D eigenvalue weighted by atomic mass is 11.4. The molecule has 0 aliphatic heterocycles. The van der Waals surface area contributed by atoms with E-state index in [4.69, 9.17) is 40.9 Å². The van der Waals surface area contributed by atoms with Gasteiger partial charge in [0, 0.05) is 0 Å². The van der Waals surface area contributed by atoms with E-state index in [9.17, 15) is 0 Å². The Morgan fingerprint density at radius 3 is 0.280 bits per heavy atom. The average molecular weight is 394 g/mol. The van der Waals surface area contributed by atoms with Gasteiger partial charge < -0.3 is 92.2 Å². The number of aliphatic hydroxyl groups excluding tert-OH is 8. The fourth-order valence-electron chi connectivity index (χ4n) is 0. The van der Waals surface area contributed by atoms with Crippen molar-refractivity contribution in [2.75, 3.05) is 53.8 Å². The Morgan fingerprint density at radius 1 is 0.280 bits per heavy atom. The zero-order valence-corrected chi connectivity index (χ0v) is 14.4. The fourth-order valence-corrected chi connectivity index (χ4v) is 0. The average Bonchev–Trinajstić information content (AvgIpc) is 2.45.